The van der Waals surface area contributed by atoms with Crippen LogP contribution in [0, 0.1) is 6.92 Å². The maximum atomic E-state index is 12.2. The SMILES string of the molecule is CCOC(=O)C(=Cc1cccc(C)c1)O[C@@H]1CC=C[C@@H](COC(C)=O)O1. The monoisotopic (exact) mass is 360 g/mol. The molecule has 0 fully saturated rings. The highest BCUT2D eigenvalue weighted by molar-refractivity contribution is 5.91. The number of aryl methyl sites for hydroxylation is 1. The molecule has 2 atom stereocenters. The van der Waals surface area contributed by atoms with Gasteiger partial charge in [-0.25, -0.2) is 4.79 Å². The second-order valence-corrected chi connectivity index (χ2v) is 5.83. The van der Waals surface area contributed by atoms with Gasteiger partial charge in [0.2, 0.25) is 12.0 Å². The predicted molar refractivity (Wildman–Crippen MR) is 95.9 cm³/mol. The lowest BCUT2D eigenvalue weighted by Crippen LogP contribution is -2.31. The van der Waals surface area contributed by atoms with Crippen LogP contribution in [-0.4, -0.2) is 37.5 Å². The molecule has 0 saturated heterocycles. The topological polar surface area (TPSA) is 71.1 Å². The van der Waals surface area contributed by atoms with Crippen LogP contribution in [0.4, 0.5) is 0 Å². The van der Waals surface area contributed by atoms with Gasteiger partial charge in [-0.2, -0.15) is 0 Å². The molecule has 0 aromatic heterocycles. The Balaban J connectivity index is 2.10. The maximum absolute atomic E-state index is 12.2. The zero-order valence-corrected chi connectivity index (χ0v) is 15.3. The molecule has 1 aromatic carbocycles. The quantitative estimate of drug-likeness (QED) is 0.322. The molecule has 6 heteroatoms. The molecule has 0 amide bonds. The van der Waals surface area contributed by atoms with Crippen LogP contribution < -0.4 is 0 Å². The molecule has 0 aliphatic carbocycles. The molecule has 26 heavy (non-hydrogen) atoms. The number of benzene rings is 1. The normalized spacial score (nSPS) is 19.7. The van der Waals surface area contributed by atoms with Crippen LogP contribution in [0.1, 0.15) is 31.4 Å². The fraction of sp³-hybridized carbons (Fsp3) is 0.400. The third kappa shape index (κ3) is 6.37. The summed E-state index contributed by atoms with van der Waals surface area (Å²) in [7, 11) is 0. The molecule has 6 nitrogen and oxygen atoms in total. The van der Waals surface area contributed by atoms with E-state index in [1.54, 1.807) is 19.1 Å². The van der Waals surface area contributed by atoms with Crippen molar-refractivity contribution in [2.45, 2.75) is 39.6 Å². The Morgan fingerprint density at radius 2 is 2.12 bits per heavy atom. The van der Waals surface area contributed by atoms with E-state index in [2.05, 4.69) is 0 Å². The third-order valence-corrected chi connectivity index (χ3v) is 3.53. The number of rotatable bonds is 7. The first-order valence-electron chi connectivity index (χ1n) is 8.55. The van der Waals surface area contributed by atoms with Crippen molar-refractivity contribution in [1.82, 2.24) is 0 Å². The summed E-state index contributed by atoms with van der Waals surface area (Å²) in [5.41, 5.74) is 1.90. The summed E-state index contributed by atoms with van der Waals surface area (Å²) in [4.78, 5) is 23.2. The standard InChI is InChI=1S/C20H24O6/c1-4-23-20(22)18(12-16-8-5-7-14(2)11-16)26-19-10-6-9-17(25-19)13-24-15(3)21/h5-9,11-12,17,19H,4,10,13H2,1-3H3/t17-,19+/m0/s1. The first-order valence-corrected chi connectivity index (χ1v) is 8.55. The van der Waals surface area contributed by atoms with Crippen LogP contribution >= 0.6 is 0 Å². The van der Waals surface area contributed by atoms with Gasteiger partial charge in [-0.3, -0.25) is 4.79 Å². The van der Waals surface area contributed by atoms with Crippen molar-refractivity contribution < 1.29 is 28.5 Å². The van der Waals surface area contributed by atoms with Gasteiger partial charge < -0.3 is 18.9 Å². The lowest BCUT2D eigenvalue weighted by atomic mass is 10.1. The Kier molecular flexibility index (Phi) is 7.41. The van der Waals surface area contributed by atoms with E-state index in [1.165, 1.54) is 6.92 Å². The molecule has 0 N–H and O–H groups in total. The molecular formula is C20H24O6. The van der Waals surface area contributed by atoms with E-state index in [4.69, 9.17) is 18.9 Å². The minimum Gasteiger partial charge on any atom is -0.463 e. The molecule has 0 spiro atoms. The molecule has 1 aliphatic heterocycles. The van der Waals surface area contributed by atoms with Gasteiger partial charge >= 0.3 is 11.9 Å². The Labute approximate surface area is 153 Å². The van der Waals surface area contributed by atoms with E-state index < -0.39 is 18.4 Å². The number of carbonyl (C=O) groups is 2. The van der Waals surface area contributed by atoms with E-state index in [9.17, 15) is 9.59 Å². The van der Waals surface area contributed by atoms with Crippen LogP contribution in [0.3, 0.4) is 0 Å². The summed E-state index contributed by atoms with van der Waals surface area (Å²) in [6.07, 6.45) is 4.70. The molecule has 0 saturated carbocycles. The van der Waals surface area contributed by atoms with Crippen molar-refractivity contribution in [3.8, 4) is 0 Å². The molecule has 140 valence electrons. The summed E-state index contributed by atoms with van der Waals surface area (Å²) in [6.45, 7) is 5.38. The van der Waals surface area contributed by atoms with Crippen molar-refractivity contribution in [2.75, 3.05) is 13.2 Å². The first kappa shape index (κ1) is 19.7. The van der Waals surface area contributed by atoms with E-state index in [1.807, 2.05) is 37.3 Å². The Bertz CT molecular complexity index is 691. The summed E-state index contributed by atoms with van der Waals surface area (Å²) in [5, 5.41) is 0. The Morgan fingerprint density at radius 1 is 1.31 bits per heavy atom. The molecule has 1 aliphatic rings. The second-order valence-electron chi connectivity index (χ2n) is 5.83. The van der Waals surface area contributed by atoms with Gasteiger partial charge in [-0.05, 0) is 25.5 Å². The molecule has 1 heterocycles. The predicted octanol–water partition coefficient (Wildman–Crippen LogP) is 3.15. The smallest absolute Gasteiger partial charge is 0.373 e. The van der Waals surface area contributed by atoms with Crippen LogP contribution in [0.2, 0.25) is 0 Å². The lowest BCUT2D eigenvalue weighted by Gasteiger charge is -2.26. The van der Waals surface area contributed by atoms with Gasteiger partial charge in [-0.1, -0.05) is 42.0 Å². The van der Waals surface area contributed by atoms with Gasteiger partial charge in [0.1, 0.15) is 12.7 Å². The minimum absolute atomic E-state index is 0.0731. The van der Waals surface area contributed by atoms with Gasteiger partial charge in [0.25, 0.3) is 0 Å². The van der Waals surface area contributed by atoms with E-state index in [0.29, 0.717) is 6.42 Å². The molecular weight excluding hydrogens is 336 g/mol. The highest BCUT2D eigenvalue weighted by Crippen LogP contribution is 2.20. The van der Waals surface area contributed by atoms with Crippen LogP contribution in [0.5, 0.6) is 0 Å². The van der Waals surface area contributed by atoms with Crippen molar-refractivity contribution >= 4 is 18.0 Å². The second kappa shape index (κ2) is 9.77. The molecule has 0 unspecified atom stereocenters. The van der Waals surface area contributed by atoms with E-state index >= 15 is 0 Å². The molecule has 2 rings (SSSR count). The average molecular weight is 360 g/mol. The summed E-state index contributed by atoms with van der Waals surface area (Å²) >= 11 is 0. The number of carbonyl (C=O) groups excluding carboxylic acids is 2. The largest absolute Gasteiger partial charge is 0.463 e. The fourth-order valence-electron chi connectivity index (χ4n) is 2.40. The average Bonchev–Trinajstić information content (AvgIpc) is 2.60. The summed E-state index contributed by atoms with van der Waals surface area (Å²) in [5.74, 6) is -0.857. The van der Waals surface area contributed by atoms with Gasteiger partial charge in [0.05, 0.1) is 6.61 Å². The van der Waals surface area contributed by atoms with Gasteiger partial charge in [-0.15, -0.1) is 0 Å². The molecule has 0 bridgehead atoms. The van der Waals surface area contributed by atoms with Crippen molar-refractivity contribution in [2.24, 2.45) is 0 Å². The van der Waals surface area contributed by atoms with Crippen molar-refractivity contribution in [3.63, 3.8) is 0 Å². The number of hydrogen-bond donors (Lipinski definition) is 0. The number of esters is 2. The highest BCUT2D eigenvalue weighted by Gasteiger charge is 2.24. The zero-order chi connectivity index (χ0) is 18.9. The highest BCUT2D eigenvalue weighted by atomic mass is 16.7. The van der Waals surface area contributed by atoms with E-state index in [-0.39, 0.29) is 24.9 Å². The fourth-order valence-corrected chi connectivity index (χ4v) is 2.40. The first-order chi connectivity index (χ1) is 12.5. The minimum atomic E-state index is -0.666. The zero-order valence-electron chi connectivity index (χ0n) is 15.3. The van der Waals surface area contributed by atoms with Crippen LogP contribution in [-0.2, 0) is 28.5 Å². The van der Waals surface area contributed by atoms with Crippen LogP contribution in [0.15, 0.2) is 42.2 Å². The number of hydrogen-bond acceptors (Lipinski definition) is 6. The van der Waals surface area contributed by atoms with Crippen molar-refractivity contribution in [3.05, 3.63) is 53.3 Å². The summed E-state index contributed by atoms with van der Waals surface area (Å²) < 4.78 is 21.5. The van der Waals surface area contributed by atoms with Gasteiger partial charge in [0, 0.05) is 13.3 Å². The summed E-state index contributed by atoms with van der Waals surface area (Å²) in [6, 6.07) is 7.68. The number of ether oxygens (including phenoxy) is 4. The van der Waals surface area contributed by atoms with Gasteiger partial charge in [0.15, 0.2) is 0 Å². The molecule has 0 radical (unpaired) electrons. The van der Waals surface area contributed by atoms with E-state index in [0.717, 1.165) is 11.1 Å². The molecule has 1 aromatic rings. The van der Waals surface area contributed by atoms with Crippen molar-refractivity contribution in [1.29, 1.82) is 0 Å². The van der Waals surface area contributed by atoms with Crippen LogP contribution in [0.25, 0.3) is 6.08 Å². The Morgan fingerprint density at radius 3 is 2.81 bits per heavy atom. The maximum Gasteiger partial charge on any atom is 0.373 e. The lowest BCUT2D eigenvalue weighted by molar-refractivity contribution is -0.172. The third-order valence-electron chi connectivity index (χ3n) is 3.53. The Hall–Kier alpha value is -2.60.